The Morgan fingerprint density at radius 1 is 0.966 bits per heavy atom. The second-order valence-electron chi connectivity index (χ2n) is 7.16. The summed E-state index contributed by atoms with van der Waals surface area (Å²) in [6, 6.07) is 27.3. The fraction of sp³-hybridized carbons (Fsp3) is 0.125. The zero-order valence-corrected chi connectivity index (χ0v) is 16.8. The third-order valence-electron chi connectivity index (χ3n) is 5.18. The SMILES string of the molecule is CC(NC(=O)NCc1ccccc1Cl)(c1ccccc1)c1cc2ccccc2[nH]1. The molecule has 0 saturated carbocycles. The quantitative estimate of drug-likeness (QED) is 0.400. The van der Waals surface area contributed by atoms with Gasteiger partial charge in [-0.1, -0.05) is 78.3 Å². The zero-order chi connectivity index (χ0) is 20.3. The summed E-state index contributed by atoms with van der Waals surface area (Å²) in [6.07, 6.45) is 0. The number of fused-ring (bicyclic) bond motifs is 1. The average molecular weight is 404 g/mol. The van der Waals surface area contributed by atoms with E-state index in [9.17, 15) is 4.79 Å². The summed E-state index contributed by atoms with van der Waals surface area (Å²) in [6.45, 7) is 2.35. The van der Waals surface area contributed by atoms with Crippen molar-refractivity contribution in [2.24, 2.45) is 0 Å². The molecule has 3 aromatic carbocycles. The number of rotatable bonds is 5. The Morgan fingerprint density at radius 3 is 2.41 bits per heavy atom. The molecular formula is C24H22ClN3O. The summed E-state index contributed by atoms with van der Waals surface area (Å²) in [5.41, 5.74) is 3.07. The molecule has 4 nitrogen and oxygen atoms in total. The highest BCUT2D eigenvalue weighted by molar-refractivity contribution is 6.31. The van der Waals surface area contributed by atoms with Gasteiger partial charge in [0.05, 0.1) is 0 Å². The van der Waals surface area contributed by atoms with E-state index in [1.807, 2.05) is 79.7 Å². The van der Waals surface area contributed by atoms with Gasteiger partial charge in [0.1, 0.15) is 5.54 Å². The normalized spacial score (nSPS) is 13.0. The summed E-state index contributed by atoms with van der Waals surface area (Å²) < 4.78 is 0. The van der Waals surface area contributed by atoms with Crippen LogP contribution < -0.4 is 10.6 Å². The van der Waals surface area contributed by atoms with E-state index in [0.717, 1.165) is 27.7 Å². The number of hydrogen-bond acceptors (Lipinski definition) is 1. The number of hydrogen-bond donors (Lipinski definition) is 3. The Balaban J connectivity index is 1.62. The standard InChI is InChI=1S/C24H22ClN3O/c1-24(19-11-3-2-4-12-19,22-15-17-9-6-8-14-21(17)27-22)28-23(29)26-16-18-10-5-7-13-20(18)25/h2-15,27H,16H2,1H3,(H2,26,28,29). The molecule has 1 atom stereocenters. The van der Waals surface area contributed by atoms with Crippen molar-refractivity contribution in [2.45, 2.75) is 19.0 Å². The van der Waals surface area contributed by atoms with Crippen LogP contribution in [0, 0.1) is 0 Å². The molecule has 0 fully saturated rings. The molecule has 0 aliphatic heterocycles. The van der Waals surface area contributed by atoms with Gasteiger partial charge in [0.25, 0.3) is 0 Å². The van der Waals surface area contributed by atoms with Gasteiger partial charge >= 0.3 is 6.03 Å². The second kappa shape index (κ2) is 8.02. The van der Waals surface area contributed by atoms with Crippen molar-refractivity contribution >= 4 is 28.5 Å². The number of carbonyl (C=O) groups excluding carboxylic acids is 1. The first-order chi connectivity index (χ1) is 14.1. The summed E-state index contributed by atoms with van der Waals surface area (Å²) in [7, 11) is 0. The van der Waals surface area contributed by atoms with E-state index in [2.05, 4.69) is 27.8 Å². The van der Waals surface area contributed by atoms with Crippen LogP contribution in [0.5, 0.6) is 0 Å². The van der Waals surface area contributed by atoms with Crippen molar-refractivity contribution < 1.29 is 4.79 Å². The minimum absolute atomic E-state index is 0.269. The average Bonchev–Trinajstić information content (AvgIpc) is 3.19. The number of aromatic amines is 1. The van der Waals surface area contributed by atoms with E-state index in [1.165, 1.54) is 0 Å². The molecule has 0 saturated heterocycles. The minimum atomic E-state index is -0.731. The van der Waals surface area contributed by atoms with Gasteiger partial charge in [0.2, 0.25) is 0 Å². The highest BCUT2D eigenvalue weighted by Gasteiger charge is 2.32. The van der Waals surface area contributed by atoms with Gasteiger partial charge in [-0.25, -0.2) is 4.79 Å². The smallest absolute Gasteiger partial charge is 0.316 e. The van der Waals surface area contributed by atoms with E-state index in [1.54, 1.807) is 0 Å². The molecule has 4 aromatic rings. The van der Waals surface area contributed by atoms with Crippen LogP contribution in [0.3, 0.4) is 0 Å². The van der Waals surface area contributed by atoms with Crippen molar-refractivity contribution in [3.8, 4) is 0 Å². The lowest BCUT2D eigenvalue weighted by Gasteiger charge is -2.31. The Bertz CT molecular complexity index is 1110. The lowest BCUT2D eigenvalue weighted by Crippen LogP contribution is -2.49. The molecule has 2 amide bonds. The van der Waals surface area contributed by atoms with Gasteiger partial charge < -0.3 is 15.6 Å². The lowest BCUT2D eigenvalue weighted by molar-refractivity contribution is 0.231. The highest BCUT2D eigenvalue weighted by atomic mass is 35.5. The second-order valence-corrected chi connectivity index (χ2v) is 7.57. The van der Waals surface area contributed by atoms with Crippen molar-refractivity contribution in [3.05, 3.63) is 107 Å². The number of para-hydroxylation sites is 1. The van der Waals surface area contributed by atoms with Crippen LogP contribution in [0.2, 0.25) is 5.02 Å². The van der Waals surface area contributed by atoms with Gasteiger partial charge in [-0.15, -0.1) is 0 Å². The van der Waals surface area contributed by atoms with Crippen LogP contribution in [0.15, 0.2) is 84.9 Å². The predicted molar refractivity (Wildman–Crippen MR) is 118 cm³/mol. The molecule has 146 valence electrons. The van der Waals surface area contributed by atoms with Crippen LogP contribution in [0.1, 0.15) is 23.7 Å². The highest BCUT2D eigenvalue weighted by Crippen LogP contribution is 2.31. The largest absolute Gasteiger partial charge is 0.356 e. The molecular weight excluding hydrogens is 382 g/mol. The monoisotopic (exact) mass is 403 g/mol. The first kappa shape index (κ1) is 19.1. The van der Waals surface area contributed by atoms with Gasteiger partial charge in [-0.3, -0.25) is 0 Å². The molecule has 1 unspecified atom stereocenters. The van der Waals surface area contributed by atoms with Crippen molar-refractivity contribution in [1.29, 1.82) is 0 Å². The minimum Gasteiger partial charge on any atom is -0.356 e. The molecule has 1 aromatic heterocycles. The number of halogens is 1. The fourth-order valence-electron chi connectivity index (χ4n) is 3.50. The van der Waals surface area contributed by atoms with Crippen LogP contribution in [0.25, 0.3) is 10.9 Å². The molecule has 1 heterocycles. The van der Waals surface area contributed by atoms with E-state index in [0.29, 0.717) is 11.6 Å². The Kier molecular flexibility index (Phi) is 5.28. The maximum Gasteiger partial charge on any atom is 0.316 e. The summed E-state index contributed by atoms with van der Waals surface area (Å²) in [5.74, 6) is 0. The molecule has 0 spiro atoms. The Labute approximate surface area is 174 Å². The first-order valence-electron chi connectivity index (χ1n) is 9.49. The Hall–Kier alpha value is -3.24. The van der Waals surface area contributed by atoms with Crippen LogP contribution in [0.4, 0.5) is 4.79 Å². The maximum absolute atomic E-state index is 12.8. The summed E-state index contributed by atoms with van der Waals surface area (Å²) >= 11 is 6.20. The van der Waals surface area contributed by atoms with Crippen molar-refractivity contribution in [1.82, 2.24) is 15.6 Å². The van der Waals surface area contributed by atoms with Crippen molar-refractivity contribution in [3.63, 3.8) is 0 Å². The van der Waals surface area contributed by atoms with E-state index < -0.39 is 5.54 Å². The van der Waals surface area contributed by atoms with E-state index in [-0.39, 0.29) is 6.03 Å². The number of urea groups is 1. The number of carbonyl (C=O) groups is 1. The van der Waals surface area contributed by atoms with Gasteiger partial charge in [0, 0.05) is 22.8 Å². The van der Waals surface area contributed by atoms with Crippen molar-refractivity contribution in [2.75, 3.05) is 0 Å². The molecule has 0 aliphatic carbocycles. The van der Waals surface area contributed by atoms with Crippen LogP contribution in [-0.4, -0.2) is 11.0 Å². The maximum atomic E-state index is 12.8. The molecule has 0 radical (unpaired) electrons. The predicted octanol–water partition coefficient (Wildman–Crippen LogP) is 5.58. The number of amides is 2. The molecule has 29 heavy (non-hydrogen) atoms. The molecule has 0 aliphatic rings. The number of nitrogens with one attached hydrogen (secondary N) is 3. The fourth-order valence-corrected chi connectivity index (χ4v) is 3.70. The van der Waals surface area contributed by atoms with Crippen LogP contribution in [-0.2, 0) is 12.1 Å². The van der Waals surface area contributed by atoms with Crippen LogP contribution >= 0.6 is 11.6 Å². The third-order valence-corrected chi connectivity index (χ3v) is 5.55. The van der Waals surface area contributed by atoms with Gasteiger partial charge in [0.15, 0.2) is 0 Å². The Morgan fingerprint density at radius 2 is 1.66 bits per heavy atom. The third kappa shape index (κ3) is 3.98. The zero-order valence-electron chi connectivity index (χ0n) is 16.1. The summed E-state index contributed by atoms with van der Waals surface area (Å²) in [5, 5.41) is 7.81. The van der Waals surface area contributed by atoms with Gasteiger partial charge in [-0.2, -0.15) is 0 Å². The molecule has 0 bridgehead atoms. The topological polar surface area (TPSA) is 56.9 Å². The number of aromatic nitrogens is 1. The molecule has 5 heteroatoms. The first-order valence-corrected chi connectivity index (χ1v) is 9.87. The van der Waals surface area contributed by atoms with E-state index >= 15 is 0 Å². The number of H-pyrrole nitrogens is 1. The lowest BCUT2D eigenvalue weighted by atomic mass is 9.88. The summed E-state index contributed by atoms with van der Waals surface area (Å²) in [4.78, 5) is 16.3. The molecule has 4 rings (SSSR count). The van der Waals surface area contributed by atoms with E-state index in [4.69, 9.17) is 11.6 Å². The molecule has 3 N–H and O–H groups in total. The van der Waals surface area contributed by atoms with Gasteiger partial charge in [-0.05, 0) is 41.6 Å². The number of benzene rings is 3.